The van der Waals surface area contributed by atoms with Gasteiger partial charge in [-0.05, 0) is 19.3 Å². The number of hydrazone groups is 1. The molecule has 2 unspecified atom stereocenters. The lowest BCUT2D eigenvalue weighted by molar-refractivity contribution is 0.00328. The van der Waals surface area contributed by atoms with E-state index < -0.39 is 0 Å². The van der Waals surface area contributed by atoms with E-state index >= 15 is 0 Å². The molecule has 3 nitrogen and oxygen atoms in total. The van der Waals surface area contributed by atoms with Crippen molar-refractivity contribution in [2.45, 2.75) is 32.3 Å². The van der Waals surface area contributed by atoms with E-state index in [1.54, 1.807) is 0 Å². The number of nitrogens with two attached hydrogens (primary N) is 1. The number of nitrogens with zero attached hydrogens (tertiary/aromatic N) is 1. The van der Waals surface area contributed by atoms with Crippen molar-refractivity contribution in [3.05, 3.63) is 0 Å². The zero-order chi connectivity index (χ0) is 8.10. The minimum atomic E-state index is 0.423. The van der Waals surface area contributed by atoms with Crippen LogP contribution in [0.1, 0.15) is 26.2 Å². The molecule has 0 saturated carbocycles. The Labute approximate surface area is 67.6 Å². The fourth-order valence-corrected chi connectivity index (χ4v) is 1.45. The molecule has 1 heterocycles. The lowest BCUT2D eigenvalue weighted by atomic mass is 9.96. The van der Waals surface area contributed by atoms with Gasteiger partial charge in [0, 0.05) is 18.7 Å². The van der Waals surface area contributed by atoms with E-state index in [-0.39, 0.29) is 0 Å². The summed E-state index contributed by atoms with van der Waals surface area (Å²) in [5.74, 6) is 5.62. The van der Waals surface area contributed by atoms with Crippen LogP contribution in [0.4, 0.5) is 0 Å². The average molecular weight is 156 g/mol. The first-order valence-corrected chi connectivity index (χ1v) is 4.21. The molecule has 0 aromatic carbocycles. The smallest absolute Gasteiger partial charge is 0.0578 e. The van der Waals surface area contributed by atoms with E-state index in [2.05, 4.69) is 12.0 Å². The number of ether oxygens (including phenoxy) is 1. The van der Waals surface area contributed by atoms with Gasteiger partial charge in [0.2, 0.25) is 0 Å². The first kappa shape index (κ1) is 8.53. The van der Waals surface area contributed by atoms with Crippen LogP contribution in [-0.4, -0.2) is 18.9 Å². The molecule has 64 valence electrons. The van der Waals surface area contributed by atoms with Crippen molar-refractivity contribution in [1.82, 2.24) is 0 Å². The molecule has 0 aliphatic carbocycles. The van der Waals surface area contributed by atoms with Crippen LogP contribution in [0.3, 0.4) is 0 Å². The molecule has 1 saturated heterocycles. The van der Waals surface area contributed by atoms with Gasteiger partial charge < -0.3 is 10.6 Å². The van der Waals surface area contributed by atoms with Gasteiger partial charge in [-0.15, -0.1) is 0 Å². The number of hydrogen-bond donors (Lipinski definition) is 1. The van der Waals surface area contributed by atoms with Crippen LogP contribution in [0.25, 0.3) is 0 Å². The SMILES string of the molecule is CCC1CC(/C=N/N)CCO1. The van der Waals surface area contributed by atoms with Gasteiger partial charge >= 0.3 is 0 Å². The van der Waals surface area contributed by atoms with E-state index in [0.29, 0.717) is 12.0 Å². The van der Waals surface area contributed by atoms with Gasteiger partial charge in [-0.2, -0.15) is 5.10 Å². The zero-order valence-electron chi connectivity index (χ0n) is 6.99. The largest absolute Gasteiger partial charge is 0.378 e. The Balaban J connectivity index is 2.33. The molecular formula is C8H16N2O. The van der Waals surface area contributed by atoms with E-state index in [9.17, 15) is 0 Å². The Bertz CT molecular complexity index is 136. The molecule has 2 atom stereocenters. The van der Waals surface area contributed by atoms with Crippen molar-refractivity contribution in [3.63, 3.8) is 0 Å². The monoisotopic (exact) mass is 156 g/mol. The van der Waals surface area contributed by atoms with Gasteiger partial charge in [-0.25, -0.2) is 0 Å². The second-order valence-corrected chi connectivity index (χ2v) is 2.98. The summed E-state index contributed by atoms with van der Waals surface area (Å²) in [6.45, 7) is 3.00. The summed E-state index contributed by atoms with van der Waals surface area (Å²) in [6.07, 6.45) is 5.50. The predicted molar refractivity (Wildman–Crippen MR) is 45.4 cm³/mol. The fourth-order valence-electron chi connectivity index (χ4n) is 1.45. The van der Waals surface area contributed by atoms with E-state index in [1.807, 2.05) is 6.21 Å². The highest BCUT2D eigenvalue weighted by Gasteiger charge is 2.19. The highest BCUT2D eigenvalue weighted by Crippen LogP contribution is 2.20. The maximum absolute atomic E-state index is 5.50. The molecule has 0 aromatic rings. The molecule has 0 amide bonds. The molecule has 1 fully saturated rings. The number of rotatable bonds is 2. The fraction of sp³-hybridized carbons (Fsp3) is 0.875. The molecule has 0 radical (unpaired) electrons. The third-order valence-corrected chi connectivity index (χ3v) is 2.16. The van der Waals surface area contributed by atoms with Gasteiger partial charge in [0.25, 0.3) is 0 Å². The molecule has 3 heteroatoms. The minimum absolute atomic E-state index is 0.423. The predicted octanol–water partition coefficient (Wildman–Crippen LogP) is 1.14. The molecular weight excluding hydrogens is 140 g/mol. The third kappa shape index (κ3) is 2.50. The van der Waals surface area contributed by atoms with Crippen LogP contribution in [-0.2, 0) is 4.74 Å². The standard InChI is InChI=1S/C8H16N2O/c1-2-8-5-7(6-10-9)3-4-11-8/h6-8H,2-5,9H2,1H3/b10-6+. The maximum Gasteiger partial charge on any atom is 0.0578 e. The Kier molecular flexibility index (Phi) is 3.36. The zero-order valence-corrected chi connectivity index (χ0v) is 6.99. The quantitative estimate of drug-likeness (QED) is 0.370. The molecule has 1 aliphatic heterocycles. The molecule has 0 spiro atoms. The minimum Gasteiger partial charge on any atom is -0.378 e. The molecule has 0 aromatic heterocycles. The highest BCUT2D eigenvalue weighted by molar-refractivity contribution is 5.60. The van der Waals surface area contributed by atoms with Crippen LogP contribution in [0.15, 0.2) is 5.10 Å². The summed E-state index contributed by atoms with van der Waals surface area (Å²) < 4.78 is 5.50. The Morgan fingerprint density at radius 1 is 1.73 bits per heavy atom. The first-order chi connectivity index (χ1) is 5.36. The van der Waals surface area contributed by atoms with Crippen LogP contribution in [0.5, 0.6) is 0 Å². The summed E-state index contributed by atoms with van der Waals surface area (Å²) in [5.41, 5.74) is 0. The van der Waals surface area contributed by atoms with Gasteiger partial charge in [0.15, 0.2) is 0 Å². The first-order valence-electron chi connectivity index (χ1n) is 4.21. The second kappa shape index (κ2) is 4.34. The highest BCUT2D eigenvalue weighted by atomic mass is 16.5. The normalized spacial score (nSPS) is 32.8. The lowest BCUT2D eigenvalue weighted by Gasteiger charge is -2.26. The van der Waals surface area contributed by atoms with Crippen molar-refractivity contribution in [1.29, 1.82) is 0 Å². The van der Waals surface area contributed by atoms with E-state index in [1.165, 1.54) is 0 Å². The van der Waals surface area contributed by atoms with Crippen molar-refractivity contribution < 1.29 is 4.74 Å². The van der Waals surface area contributed by atoms with E-state index in [4.69, 9.17) is 10.6 Å². The van der Waals surface area contributed by atoms with Crippen LogP contribution >= 0.6 is 0 Å². The summed E-state index contributed by atoms with van der Waals surface area (Å²) in [6, 6.07) is 0. The molecule has 2 N–H and O–H groups in total. The second-order valence-electron chi connectivity index (χ2n) is 2.98. The van der Waals surface area contributed by atoms with Crippen LogP contribution in [0.2, 0.25) is 0 Å². The topological polar surface area (TPSA) is 47.6 Å². The summed E-state index contributed by atoms with van der Waals surface area (Å²) in [4.78, 5) is 0. The molecule has 0 bridgehead atoms. The lowest BCUT2D eigenvalue weighted by Crippen LogP contribution is -2.25. The Hall–Kier alpha value is -0.570. The molecule has 11 heavy (non-hydrogen) atoms. The van der Waals surface area contributed by atoms with Gasteiger partial charge in [0.1, 0.15) is 0 Å². The maximum atomic E-state index is 5.50. The Morgan fingerprint density at radius 2 is 2.55 bits per heavy atom. The van der Waals surface area contributed by atoms with Gasteiger partial charge in [0.05, 0.1) is 6.10 Å². The third-order valence-electron chi connectivity index (χ3n) is 2.16. The summed E-state index contributed by atoms with van der Waals surface area (Å²) in [7, 11) is 0. The average Bonchev–Trinajstić information content (AvgIpc) is 2.06. The van der Waals surface area contributed by atoms with Gasteiger partial charge in [-0.1, -0.05) is 6.92 Å². The molecule has 1 rings (SSSR count). The Morgan fingerprint density at radius 3 is 3.18 bits per heavy atom. The van der Waals surface area contributed by atoms with Crippen molar-refractivity contribution >= 4 is 6.21 Å². The summed E-state index contributed by atoms with van der Waals surface area (Å²) in [5, 5.41) is 3.55. The summed E-state index contributed by atoms with van der Waals surface area (Å²) >= 11 is 0. The molecule has 1 aliphatic rings. The van der Waals surface area contributed by atoms with Crippen molar-refractivity contribution in [2.75, 3.05) is 6.61 Å². The van der Waals surface area contributed by atoms with Crippen molar-refractivity contribution in [2.24, 2.45) is 16.9 Å². The van der Waals surface area contributed by atoms with Crippen LogP contribution < -0.4 is 5.84 Å². The van der Waals surface area contributed by atoms with E-state index in [0.717, 1.165) is 25.9 Å². The van der Waals surface area contributed by atoms with Crippen LogP contribution in [0, 0.1) is 5.92 Å². The number of hydrogen-bond acceptors (Lipinski definition) is 3. The van der Waals surface area contributed by atoms with Crippen molar-refractivity contribution in [3.8, 4) is 0 Å². The van der Waals surface area contributed by atoms with Gasteiger partial charge in [-0.3, -0.25) is 0 Å².